The van der Waals surface area contributed by atoms with Crippen molar-refractivity contribution >= 4 is 42.6 Å². The number of thiazole rings is 1. The number of piperidine rings is 1. The second kappa shape index (κ2) is 10.1. The Kier molecular flexibility index (Phi) is 6.92. The Labute approximate surface area is 216 Å². The molecule has 0 N–H and O–H groups in total. The summed E-state index contributed by atoms with van der Waals surface area (Å²) in [5.74, 6) is -0.518. The molecule has 1 saturated heterocycles. The van der Waals surface area contributed by atoms with Gasteiger partial charge in [0.05, 0.1) is 27.6 Å². The lowest BCUT2D eigenvalue weighted by Gasteiger charge is -2.33. The minimum atomic E-state index is -3.66. The molecule has 0 radical (unpaired) electrons. The number of rotatable bonds is 6. The van der Waals surface area contributed by atoms with Crippen molar-refractivity contribution < 1.29 is 13.2 Å². The van der Waals surface area contributed by atoms with Crippen molar-refractivity contribution in [3.8, 4) is 0 Å². The van der Waals surface area contributed by atoms with Gasteiger partial charge in [-0.1, -0.05) is 65.9 Å². The Morgan fingerprint density at radius 2 is 1.75 bits per heavy atom. The van der Waals surface area contributed by atoms with Crippen molar-refractivity contribution in [1.29, 1.82) is 0 Å². The van der Waals surface area contributed by atoms with Crippen LogP contribution in [0.2, 0.25) is 0 Å². The van der Waals surface area contributed by atoms with E-state index in [4.69, 9.17) is 4.98 Å². The maximum absolute atomic E-state index is 14.0. The third-order valence-electron chi connectivity index (χ3n) is 6.60. The number of aryl methyl sites for hydroxylation is 2. The monoisotopic (exact) mass is 519 g/mol. The van der Waals surface area contributed by atoms with Gasteiger partial charge in [0.1, 0.15) is 0 Å². The first-order chi connectivity index (χ1) is 17.3. The van der Waals surface area contributed by atoms with Crippen molar-refractivity contribution in [2.45, 2.75) is 38.1 Å². The molecule has 1 amide bonds. The molecular weight excluding hydrogens is 490 g/mol. The fraction of sp³-hybridized carbons (Fsp3) is 0.286. The molecule has 186 valence electrons. The number of fused-ring (bicyclic) bond motifs is 1. The van der Waals surface area contributed by atoms with E-state index in [2.05, 4.69) is 13.0 Å². The predicted molar refractivity (Wildman–Crippen MR) is 145 cm³/mol. The van der Waals surface area contributed by atoms with Crippen molar-refractivity contribution in [3.05, 3.63) is 89.5 Å². The lowest BCUT2D eigenvalue weighted by atomic mass is 9.98. The fourth-order valence-corrected chi connectivity index (χ4v) is 7.38. The first kappa shape index (κ1) is 24.6. The molecule has 1 aliphatic heterocycles. The van der Waals surface area contributed by atoms with Crippen LogP contribution in [0.3, 0.4) is 0 Å². The Hall–Kier alpha value is -3.07. The van der Waals surface area contributed by atoms with Crippen molar-refractivity contribution in [3.63, 3.8) is 0 Å². The molecule has 6 nitrogen and oxygen atoms in total. The van der Waals surface area contributed by atoms with E-state index in [0.717, 1.165) is 26.9 Å². The van der Waals surface area contributed by atoms with Gasteiger partial charge < -0.3 is 0 Å². The van der Waals surface area contributed by atoms with Gasteiger partial charge >= 0.3 is 0 Å². The van der Waals surface area contributed by atoms with Crippen LogP contribution in [-0.4, -0.2) is 36.7 Å². The normalized spacial score (nSPS) is 16.8. The van der Waals surface area contributed by atoms with E-state index >= 15 is 0 Å². The van der Waals surface area contributed by atoms with Gasteiger partial charge in [-0.05, 0) is 61.6 Å². The third kappa shape index (κ3) is 4.93. The fourth-order valence-electron chi connectivity index (χ4n) is 4.81. The summed E-state index contributed by atoms with van der Waals surface area (Å²) in [7, 11) is -3.66. The van der Waals surface area contributed by atoms with Crippen LogP contribution < -0.4 is 4.90 Å². The summed E-state index contributed by atoms with van der Waals surface area (Å²) in [6.45, 7) is 5.08. The average Bonchev–Trinajstić information content (AvgIpc) is 3.32. The van der Waals surface area contributed by atoms with E-state index in [1.807, 2.05) is 43.3 Å². The van der Waals surface area contributed by atoms with E-state index in [9.17, 15) is 13.2 Å². The van der Waals surface area contributed by atoms with Gasteiger partial charge in [-0.15, -0.1) is 0 Å². The lowest BCUT2D eigenvalue weighted by molar-refractivity contribution is -0.123. The number of sulfonamides is 1. The number of hydrogen-bond acceptors (Lipinski definition) is 5. The second-order valence-electron chi connectivity index (χ2n) is 9.35. The Morgan fingerprint density at radius 1 is 1.06 bits per heavy atom. The Morgan fingerprint density at radius 3 is 2.47 bits per heavy atom. The predicted octanol–water partition coefficient (Wildman–Crippen LogP) is 5.55. The third-order valence-corrected chi connectivity index (χ3v) is 9.71. The van der Waals surface area contributed by atoms with Gasteiger partial charge in [0.15, 0.2) is 5.13 Å². The number of nitrogens with zero attached hydrogens (tertiary/aromatic N) is 3. The number of benzene rings is 3. The zero-order valence-corrected chi connectivity index (χ0v) is 22.1. The molecule has 5 rings (SSSR count). The lowest BCUT2D eigenvalue weighted by Crippen LogP contribution is -2.46. The number of anilines is 1. The number of carbonyl (C=O) groups is 1. The maximum Gasteiger partial charge on any atom is 0.243 e. The van der Waals surface area contributed by atoms with E-state index < -0.39 is 15.9 Å². The molecule has 4 aromatic rings. The highest BCUT2D eigenvalue weighted by Gasteiger charge is 2.36. The van der Waals surface area contributed by atoms with Gasteiger partial charge in [0, 0.05) is 13.1 Å². The number of carbonyl (C=O) groups excluding carboxylic acids is 1. The topological polar surface area (TPSA) is 70.6 Å². The molecule has 3 aromatic carbocycles. The number of hydrogen-bond donors (Lipinski definition) is 0. The van der Waals surface area contributed by atoms with Crippen molar-refractivity contribution in [2.75, 3.05) is 18.0 Å². The summed E-state index contributed by atoms with van der Waals surface area (Å²) < 4.78 is 29.1. The summed E-state index contributed by atoms with van der Waals surface area (Å²) >= 11 is 1.52. The molecule has 1 fully saturated rings. The molecule has 2 heterocycles. The highest BCUT2D eigenvalue weighted by atomic mass is 32.2. The molecule has 1 aliphatic rings. The van der Waals surface area contributed by atoms with Crippen LogP contribution in [0.15, 0.2) is 77.7 Å². The molecule has 8 heteroatoms. The first-order valence-electron chi connectivity index (χ1n) is 12.1. The molecule has 0 spiro atoms. The molecule has 0 aliphatic carbocycles. The number of amides is 1. The minimum absolute atomic E-state index is 0.0831. The van der Waals surface area contributed by atoms with Crippen LogP contribution in [0.4, 0.5) is 5.13 Å². The van der Waals surface area contributed by atoms with Crippen LogP contribution in [-0.2, 0) is 21.4 Å². The highest BCUT2D eigenvalue weighted by molar-refractivity contribution is 7.89. The van der Waals surface area contributed by atoms with Crippen LogP contribution in [0.25, 0.3) is 10.2 Å². The smallest absolute Gasteiger partial charge is 0.243 e. The quantitative estimate of drug-likeness (QED) is 0.335. The zero-order chi connectivity index (χ0) is 25.3. The summed E-state index contributed by atoms with van der Waals surface area (Å²) in [5, 5.41) is 0.649. The summed E-state index contributed by atoms with van der Waals surface area (Å²) in [6.07, 6.45) is 1.29. The van der Waals surface area contributed by atoms with Crippen molar-refractivity contribution in [1.82, 2.24) is 9.29 Å². The van der Waals surface area contributed by atoms with E-state index in [-0.39, 0.29) is 17.3 Å². The Balaban J connectivity index is 1.47. The maximum atomic E-state index is 14.0. The van der Waals surface area contributed by atoms with Gasteiger partial charge in [0.2, 0.25) is 15.9 Å². The Bertz CT molecular complexity index is 1480. The van der Waals surface area contributed by atoms with Crippen LogP contribution in [0.1, 0.15) is 29.5 Å². The molecule has 0 bridgehead atoms. The van der Waals surface area contributed by atoms with Gasteiger partial charge in [-0.25, -0.2) is 13.4 Å². The van der Waals surface area contributed by atoms with Crippen molar-refractivity contribution in [2.24, 2.45) is 5.92 Å². The van der Waals surface area contributed by atoms with Gasteiger partial charge in [-0.2, -0.15) is 4.31 Å². The second-order valence-corrected chi connectivity index (χ2v) is 12.3. The molecule has 1 aromatic heterocycles. The van der Waals surface area contributed by atoms with E-state index in [1.165, 1.54) is 15.6 Å². The van der Waals surface area contributed by atoms with Gasteiger partial charge in [-0.3, -0.25) is 9.69 Å². The summed E-state index contributed by atoms with van der Waals surface area (Å²) in [5.41, 5.74) is 4.16. The van der Waals surface area contributed by atoms with Crippen LogP contribution in [0, 0.1) is 19.8 Å². The van der Waals surface area contributed by atoms with E-state index in [1.54, 1.807) is 35.2 Å². The highest BCUT2D eigenvalue weighted by Crippen LogP contribution is 2.35. The molecule has 1 unspecified atom stereocenters. The van der Waals surface area contributed by atoms with E-state index in [0.29, 0.717) is 31.1 Å². The van der Waals surface area contributed by atoms with Crippen LogP contribution in [0.5, 0.6) is 0 Å². The SMILES string of the molecule is Cc1cc(C)c2sc(N(Cc3ccccc3)C(=O)C3CCCN(S(=O)(=O)c4ccccc4)C3)nc2c1. The molecule has 1 atom stereocenters. The summed E-state index contributed by atoms with van der Waals surface area (Å²) in [4.78, 5) is 20.9. The van der Waals surface area contributed by atoms with Gasteiger partial charge in [0.25, 0.3) is 0 Å². The first-order valence-corrected chi connectivity index (χ1v) is 14.4. The standard InChI is InChI=1S/C28H29N3O3S2/c1-20-16-21(2)26-25(17-20)29-28(35-26)31(18-22-10-5-3-6-11-22)27(32)23-12-9-15-30(19-23)36(33,34)24-13-7-4-8-14-24/h3-8,10-11,13-14,16-17,23H,9,12,15,18-19H2,1-2H3. The molecule has 0 saturated carbocycles. The van der Waals surface area contributed by atoms with Crippen LogP contribution >= 0.6 is 11.3 Å². The largest absolute Gasteiger partial charge is 0.283 e. The summed E-state index contributed by atoms with van der Waals surface area (Å²) in [6, 6.07) is 22.5. The molecular formula is C28H29N3O3S2. The number of aromatic nitrogens is 1. The zero-order valence-electron chi connectivity index (χ0n) is 20.4. The molecule has 36 heavy (non-hydrogen) atoms. The average molecular weight is 520 g/mol. The minimum Gasteiger partial charge on any atom is -0.283 e.